The summed E-state index contributed by atoms with van der Waals surface area (Å²) in [6.45, 7) is 6.92. The Morgan fingerprint density at radius 2 is 0.760 bits per heavy atom. The van der Waals surface area contributed by atoms with Gasteiger partial charge in [0.15, 0.2) is 0 Å². The monoisotopic (exact) mass is 780 g/mol. The number of carbonyl (C=O) groups is 4. The number of rotatable bonds is 22. The molecule has 0 bridgehead atoms. The molecule has 4 unspecified atom stereocenters. The topological polar surface area (TPSA) is 127 Å². The number of carboxylic acids is 2. The van der Waals surface area contributed by atoms with E-state index in [1.54, 1.807) is 27.7 Å². The standard InChI is InChI=1S/2C9H15FO2P2.2C9H14O2/c2*1-3-4-5-6-7-8(2)9(11)12-14(10)13;2*1-3-4-5-6-7-8(2)9(10)11/h2*1,8H,4-7,13H2,2H3;2*1,8H,4-7H2,2H3,(H,10,11)/t2*8-,14?;2*8-/m1010/s1. The molecular formula is C36H58F2O8P4. The van der Waals surface area contributed by atoms with Gasteiger partial charge in [0, 0.05) is 25.7 Å². The van der Waals surface area contributed by atoms with Crippen LogP contribution in [-0.2, 0) is 28.2 Å². The Morgan fingerprint density at radius 1 is 0.540 bits per heavy atom. The SMILES string of the molecule is C#CCCCC[C@@H](C)C(=O)O.C#CCCCC[C@@H](C)C(=O)OP(F)P.C#CCCCC[C@H](C)C(=O)O.C#CCCCC[C@H](C)C(=O)OP(F)P. The Balaban J connectivity index is -0.000000284. The van der Waals surface area contributed by atoms with E-state index in [1.807, 2.05) is 17.9 Å². The molecule has 0 saturated heterocycles. The minimum atomic E-state index is -2.16. The zero-order valence-corrected chi connectivity index (χ0v) is 34.2. The Kier molecular flexibility index (Phi) is 43.0. The normalized spacial score (nSPS) is 13.2. The Hall–Kier alpha value is -2.30. The average molecular weight is 781 g/mol. The highest BCUT2D eigenvalue weighted by atomic mass is 32.0. The fraction of sp³-hybridized carbons (Fsp3) is 0.667. The lowest BCUT2D eigenvalue weighted by atomic mass is 10.0. The summed E-state index contributed by atoms with van der Waals surface area (Å²) in [7, 11) is -0.636. The van der Waals surface area contributed by atoms with Crippen LogP contribution in [0.1, 0.15) is 130 Å². The second-order valence-electron chi connectivity index (χ2n) is 11.4. The number of aliphatic carboxylic acids is 2. The molecule has 8 atom stereocenters. The third-order valence-corrected chi connectivity index (χ3v) is 8.18. The maximum atomic E-state index is 12.3. The molecule has 0 saturated carbocycles. The Morgan fingerprint density at radius 3 is 0.940 bits per heavy atom. The summed E-state index contributed by atoms with van der Waals surface area (Å²) in [6.07, 6.45) is 33.3. The maximum absolute atomic E-state index is 12.3. The van der Waals surface area contributed by atoms with E-state index in [-0.39, 0.29) is 23.7 Å². The molecule has 0 aromatic heterocycles. The summed E-state index contributed by atoms with van der Waals surface area (Å²) in [5.41, 5.74) is 0. The molecule has 14 heteroatoms. The van der Waals surface area contributed by atoms with Crippen molar-refractivity contribution in [1.82, 2.24) is 0 Å². The lowest BCUT2D eigenvalue weighted by Crippen LogP contribution is -2.11. The van der Waals surface area contributed by atoms with Gasteiger partial charge in [-0.1, -0.05) is 53.4 Å². The van der Waals surface area contributed by atoms with E-state index >= 15 is 0 Å². The fourth-order valence-electron chi connectivity index (χ4n) is 3.54. The molecule has 0 amide bonds. The first-order valence-electron chi connectivity index (χ1n) is 16.6. The molecule has 8 nitrogen and oxygen atoms in total. The maximum Gasteiger partial charge on any atom is 0.313 e. The van der Waals surface area contributed by atoms with Gasteiger partial charge in [-0.25, -0.2) is 0 Å². The van der Waals surface area contributed by atoms with Crippen molar-refractivity contribution >= 4 is 58.0 Å². The van der Waals surface area contributed by atoms with Gasteiger partial charge in [0.05, 0.1) is 23.7 Å². The molecular weight excluding hydrogens is 722 g/mol. The van der Waals surface area contributed by atoms with E-state index in [0.717, 1.165) is 89.9 Å². The van der Waals surface area contributed by atoms with Gasteiger partial charge in [0.25, 0.3) is 16.3 Å². The summed E-state index contributed by atoms with van der Waals surface area (Å²) >= 11 is 0. The quantitative estimate of drug-likeness (QED) is 0.0632. The molecule has 50 heavy (non-hydrogen) atoms. The van der Waals surface area contributed by atoms with Crippen molar-refractivity contribution in [3.8, 4) is 49.4 Å². The Bertz CT molecular complexity index is 994. The van der Waals surface area contributed by atoms with Crippen molar-refractivity contribution in [2.24, 2.45) is 23.7 Å². The molecule has 0 aliphatic carbocycles. The van der Waals surface area contributed by atoms with Crippen LogP contribution in [0.15, 0.2) is 0 Å². The number of carbonyl (C=O) groups excluding carboxylic acids is 2. The first kappa shape index (κ1) is 54.5. The van der Waals surface area contributed by atoms with Crippen molar-refractivity contribution in [3.63, 3.8) is 0 Å². The van der Waals surface area contributed by atoms with Crippen LogP contribution in [0.3, 0.4) is 0 Å². The highest BCUT2D eigenvalue weighted by Gasteiger charge is 2.18. The van der Waals surface area contributed by atoms with Crippen LogP contribution in [0.25, 0.3) is 0 Å². The van der Waals surface area contributed by atoms with E-state index in [9.17, 15) is 27.6 Å². The molecule has 0 rings (SSSR count). The van der Waals surface area contributed by atoms with Crippen LogP contribution in [0.2, 0.25) is 0 Å². The molecule has 0 radical (unpaired) electrons. The summed E-state index contributed by atoms with van der Waals surface area (Å²) in [5.74, 6) is 6.80. The molecule has 0 aromatic rings. The molecule has 0 heterocycles. The lowest BCUT2D eigenvalue weighted by Gasteiger charge is -2.10. The average Bonchev–Trinajstić information content (AvgIpc) is 3.05. The number of halogens is 2. The summed E-state index contributed by atoms with van der Waals surface area (Å²) in [6, 6.07) is 0. The van der Waals surface area contributed by atoms with Crippen molar-refractivity contribution in [3.05, 3.63) is 0 Å². The summed E-state index contributed by atoms with van der Waals surface area (Å²) < 4.78 is 33.5. The lowest BCUT2D eigenvalue weighted by molar-refractivity contribution is -0.142. The van der Waals surface area contributed by atoms with Crippen LogP contribution in [0.4, 0.5) is 8.39 Å². The number of terminal acetylenes is 4. The molecule has 0 spiro atoms. The largest absolute Gasteiger partial charge is 0.481 e. The third kappa shape index (κ3) is 43.7. The van der Waals surface area contributed by atoms with Gasteiger partial charge in [0.1, 0.15) is 0 Å². The van der Waals surface area contributed by atoms with Crippen molar-refractivity contribution in [2.75, 3.05) is 0 Å². The van der Waals surface area contributed by atoms with Gasteiger partial charge in [-0.3, -0.25) is 19.2 Å². The number of unbranched alkanes of at least 4 members (excludes halogenated alkanes) is 8. The van der Waals surface area contributed by atoms with Crippen LogP contribution >= 0.6 is 34.2 Å². The summed E-state index contributed by atoms with van der Waals surface area (Å²) in [4.78, 5) is 42.9. The minimum absolute atomic E-state index is 0.229. The molecule has 0 aromatic carbocycles. The van der Waals surface area contributed by atoms with Gasteiger partial charge < -0.3 is 19.3 Å². The molecule has 2 N–H and O–H groups in total. The molecule has 0 aliphatic heterocycles. The van der Waals surface area contributed by atoms with Gasteiger partial charge in [0.2, 0.25) is 0 Å². The van der Waals surface area contributed by atoms with Crippen LogP contribution in [0.5, 0.6) is 0 Å². The highest BCUT2D eigenvalue weighted by Crippen LogP contribution is 2.48. The zero-order valence-electron chi connectivity index (χ0n) is 30.1. The Labute approximate surface area is 307 Å². The molecule has 0 fully saturated rings. The van der Waals surface area contributed by atoms with E-state index in [4.69, 9.17) is 35.9 Å². The second kappa shape index (κ2) is 39.5. The van der Waals surface area contributed by atoms with Gasteiger partial charge in [-0.2, -0.15) is 8.39 Å². The number of hydrogen-bond donors (Lipinski definition) is 2. The smallest absolute Gasteiger partial charge is 0.313 e. The van der Waals surface area contributed by atoms with Crippen molar-refractivity contribution in [1.29, 1.82) is 0 Å². The number of carboxylic acid groups (broad SMARTS) is 2. The summed E-state index contributed by atoms with van der Waals surface area (Å²) in [5, 5.41) is 17.0. The third-order valence-electron chi connectivity index (χ3n) is 6.84. The molecule has 284 valence electrons. The first-order valence-corrected chi connectivity index (χ1v) is 22.1. The van der Waals surface area contributed by atoms with E-state index in [1.165, 1.54) is 0 Å². The van der Waals surface area contributed by atoms with Gasteiger partial charge in [-0.15, -0.1) is 49.4 Å². The van der Waals surface area contributed by atoms with Gasteiger partial charge >= 0.3 is 23.9 Å². The second-order valence-corrected chi connectivity index (χ2v) is 15.3. The van der Waals surface area contributed by atoms with Crippen LogP contribution in [-0.4, -0.2) is 34.1 Å². The minimum Gasteiger partial charge on any atom is -0.481 e. The zero-order chi connectivity index (χ0) is 39.3. The van der Waals surface area contributed by atoms with Crippen LogP contribution in [0, 0.1) is 73.0 Å². The fourth-order valence-corrected chi connectivity index (χ4v) is 4.87. The van der Waals surface area contributed by atoms with Crippen molar-refractivity contribution < 1.29 is 46.8 Å². The highest BCUT2D eigenvalue weighted by molar-refractivity contribution is 8.08. The van der Waals surface area contributed by atoms with Gasteiger partial charge in [-0.05, 0) is 69.2 Å². The molecule has 0 aliphatic rings. The van der Waals surface area contributed by atoms with E-state index in [0.29, 0.717) is 12.8 Å². The van der Waals surface area contributed by atoms with Crippen molar-refractivity contribution in [2.45, 2.75) is 130 Å². The number of hydrogen-bond acceptors (Lipinski definition) is 6. The predicted octanol–water partition coefficient (Wildman–Crippen LogP) is 10.7. The van der Waals surface area contributed by atoms with E-state index in [2.05, 4.69) is 32.7 Å². The van der Waals surface area contributed by atoms with Crippen LogP contribution < -0.4 is 0 Å². The first-order chi connectivity index (χ1) is 23.5. The van der Waals surface area contributed by atoms with E-state index < -0.39 is 40.2 Å². The predicted molar refractivity (Wildman–Crippen MR) is 209 cm³/mol.